The number of amides is 1. The molecule has 1 aliphatic heterocycles. The molecular formula is C21H21Cl2N5O2S. The minimum absolute atomic E-state index is 0.0774. The molecule has 0 unspecified atom stereocenters. The monoisotopic (exact) mass is 477 g/mol. The summed E-state index contributed by atoms with van der Waals surface area (Å²) in [6, 6.07) is 14.5. The number of carbonyl (C=O) groups excluding carboxylic acids is 1. The predicted octanol–water partition coefficient (Wildman–Crippen LogP) is 4.39. The molecule has 4 rings (SSSR count). The van der Waals surface area contributed by atoms with Gasteiger partial charge in [-0.05, 0) is 42.5 Å². The highest BCUT2D eigenvalue weighted by Gasteiger charge is 2.20. The quantitative estimate of drug-likeness (QED) is 0.530. The number of piperazine rings is 1. The molecular weight excluding hydrogens is 457 g/mol. The first-order valence-electron chi connectivity index (χ1n) is 9.81. The van der Waals surface area contributed by atoms with E-state index in [9.17, 15) is 4.79 Å². The number of benzene rings is 2. The molecule has 10 heteroatoms. The van der Waals surface area contributed by atoms with Crippen molar-refractivity contribution in [1.29, 1.82) is 0 Å². The maximum atomic E-state index is 12.3. The molecule has 1 aliphatic rings. The lowest BCUT2D eigenvalue weighted by atomic mass is 10.2. The zero-order valence-corrected chi connectivity index (χ0v) is 19.0. The molecule has 31 heavy (non-hydrogen) atoms. The van der Waals surface area contributed by atoms with E-state index in [4.69, 9.17) is 39.8 Å². The van der Waals surface area contributed by atoms with Crippen LogP contribution in [0.5, 0.6) is 0 Å². The summed E-state index contributed by atoms with van der Waals surface area (Å²) in [6.45, 7) is 3.97. The summed E-state index contributed by atoms with van der Waals surface area (Å²) < 4.78 is 7.32. The standard InChI is InChI=1S/C21H21Cl2N5O2S/c22-16-5-3-4-15(12-16)20-25-28(21(31)30-20)14-27-10-8-26(9-11-27)13-19(29)24-18-7-2-1-6-17(18)23/h1-7,12H,8-11,13-14H2,(H,24,29). The smallest absolute Gasteiger partial charge is 0.288 e. The van der Waals surface area contributed by atoms with Gasteiger partial charge in [-0.3, -0.25) is 14.6 Å². The van der Waals surface area contributed by atoms with E-state index in [2.05, 4.69) is 20.2 Å². The summed E-state index contributed by atoms with van der Waals surface area (Å²) in [5.41, 5.74) is 1.41. The molecule has 0 radical (unpaired) electrons. The zero-order chi connectivity index (χ0) is 21.8. The number of carbonyl (C=O) groups is 1. The van der Waals surface area contributed by atoms with Gasteiger partial charge in [-0.1, -0.05) is 41.4 Å². The number of anilines is 1. The van der Waals surface area contributed by atoms with E-state index in [-0.39, 0.29) is 5.91 Å². The molecule has 0 aliphatic carbocycles. The average Bonchev–Trinajstić information content (AvgIpc) is 3.11. The molecule has 1 saturated heterocycles. The Balaban J connectivity index is 1.29. The van der Waals surface area contributed by atoms with Gasteiger partial charge in [0.05, 0.1) is 23.9 Å². The Morgan fingerprint density at radius 2 is 1.81 bits per heavy atom. The number of rotatable bonds is 6. The minimum atomic E-state index is -0.0774. The maximum Gasteiger partial charge on any atom is 0.288 e. The SMILES string of the molecule is O=C(CN1CCN(Cn2nc(-c3cccc(Cl)c3)oc2=S)CC1)Nc1ccccc1Cl. The van der Waals surface area contributed by atoms with E-state index in [0.717, 1.165) is 31.7 Å². The molecule has 1 amide bonds. The summed E-state index contributed by atoms with van der Waals surface area (Å²) in [6.07, 6.45) is 0. The van der Waals surface area contributed by atoms with Crippen molar-refractivity contribution in [3.8, 4) is 11.5 Å². The summed E-state index contributed by atoms with van der Waals surface area (Å²) in [4.78, 5) is 17.0. The molecule has 0 spiro atoms. The minimum Gasteiger partial charge on any atom is -0.409 e. The Hall–Kier alpha value is -2.23. The van der Waals surface area contributed by atoms with E-state index >= 15 is 0 Å². The van der Waals surface area contributed by atoms with Gasteiger partial charge >= 0.3 is 0 Å². The maximum absolute atomic E-state index is 12.3. The Labute approximate surface area is 195 Å². The van der Waals surface area contributed by atoms with Crippen LogP contribution in [0.2, 0.25) is 10.0 Å². The highest BCUT2D eigenvalue weighted by Crippen LogP contribution is 2.22. The van der Waals surface area contributed by atoms with Crippen LogP contribution in [0.3, 0.4) is 0 Å². The van der Waals surface area contributed by atoms with Crippen LogP contribution in [-0.4, -0.2) is 58.2 Å². The highest BCUT2D eigenvalue weighted by atomic mass is 35.5. The number of aromatic nitrogens is 2. The van der Waals surface area contributed by atoms with Crippen molar-refractivity contribution < 1.29 is 9.21 Å². The number of nitrogens with zero attached hydrogens (tertiary/aromatic N) is 4. The molecule has 0 bridgehead atoms. The van der Waals surface area contributed by atoms with E-state index in [0.29, 0.717) is 39.7 Å². The molecule has 3 aromatic rings. The molecule has 1 fully saturated rings. The highest BCUT2D eigenvalue weighted by molar-refractivity contribution is 7.71. The first kappa shape index (κ1) is 22.0. The van der Waals surface area contributed by atoms with Crippen molar-refractivity contribution in [2.24, 2.45) is 0 Å². The number of halogens is 2. The van der Waals surface area contributed by atoms with Crippen LogP contribution >= 0.6 is 35.4 Å². The van der Waals surface area contributed by atoms with Crippen molar-refractivity contribution in [1.82, 2.24) is 19.6 Å². The summed E-state index contributed by atoms with van der Waals surface area (Å²) in [5.74, 6) is 0.369. The van der Waals surface area contributed by atoms with Crippen LogP contribution in [-0.2, 0) is 11.5 Å². The molecule has 0 saturated carbocycles. The van der Waals surface area contributed by atoms with Crippen LogP contribution in [0.1, 0.15) is 0 Å². The largest absolute Gasteiger partial charge is 0.409 e. The molecule has 7 nitrogen and oxygen atoms in total. The van der Waals surface area contributed by atoms with Crippen molar-refractivity contribution >= 4 is 47.0 Å². The zero-order valence-electron chi connectivity index (χ0n) is 16.6. The van der Waals surface area contributed by atoms with Crippen LogP contribution in [0.25, 0.3) is 11.5 Å². The lowest BCUT2D eigenvalue weighted by Crippen LogP contribution is -2.48. The second-order valence-electron chi connectivity index (χ2n) is 7.25. The fourth-order valence-corrected chi connectivity index (χ4v) is 3.92. The van der Waals surface area contributed by atoms with E-state index in [1.807, 2.05) is 24.3 Å². The topological polar surface area (TPSA) is 66.5 Å². The molecule has 1 N–H and O–H groups in total. The Kier molecular flexibility index (Phi) is 7.04. The van der Waals surface area contributed by atoms with Gasteiger partial charge in [0, 0.05) is 36.8 Å². The second kappa shape index (κ2) is 9.93. The van der Waals surface area contributed by atoms with Gasteiger partial charge in [-0.15, -0.1) is 5.10 Å². The van der Waals surface area contributed by atoms with Gasteiger partial charge in [0.1, 0.15) is 0 Å². The van der Waals surface area contributed by atoms with Gasteiger partial charge in [0.25, 0.3) is 4.84 Å². The van der Waals surface area contributed by atoms with E-state index in [1.54, 1.807) is 28.9 Å². The van der Waals surface area contributed by atoms with E-state index in [1.165, 1.54) is 0 Å². The summed E-state index contributed by atoms with van der Waals surface area (Å²) in [7, 11) is 0. The number of hydrogen-bond acceptors (Lipinski definition) is 6. The first-order chi connectivity index (χ1) is 15.0. The first-order valence-corrected chi connectivity index (χ1v) is 11.0. The predicted molar refractivity (Wildman–Crippen MR) is 124 cm³/mol. The van der Waals surface area contributed by atoms with E-state index < -0.39 is 0 Å². The average molecular weight is 478 g/mol. The molecule has 162 valence electrons. The number of hydrogen-bond donors (Lipinski definition) is 1. The second-order valence-corrected chi connectivity index (χ2v) is 8.44. The third kappa shape index (κ3) is 5.72. The fourth-order valence-electron chi connectivity index (χ4n) is 3.37. The van der Waals surface area contributed by atoms with Crippen LogP contribution < -0.4 is 5.32 Å². The number of para-hydroxylation sites is 1. The van der Waals surface area contributed by atoms with Gasteiger partial charge < -0.3 is 9.73 Å². The Bertz CT molecular complexity index is 1120. The molecule has 0 atom stereocenters. The van der Waals surface area contributed by atoms with Gasteiger partial charge in [-0.2, -0.15) is 0 Å². The van der Waals surface area contributed by atoms with Crippen LogP contribution in [0.15, 0.2) is 52.9 Å². The lowest BCUT2D eigenvalue weighted by Gasteiger charge is -2.33. The lowest BCUT2D eigenvalue weighted by molar-refractivity contribution is -0.117. The van der Waals surface area contributed by atoms with Crippen molar-refractivity contribution in [3.63, 3.8) is 0 Å². The normalized spacial score (nSPS) is 15.2. The van der Waals surface area contributed by atoms with Crippen LogP contribution in [0, 0.1) is 4.84 Å². The third-order valence-electron chi connectivity index (χ3n) is 4.99. The number of nitrogens with one attached hydrogen (secondary N) is 1. The van der Waals surface area contributed by atoms with Gasteiger partial charge in [0.2, 0.25) is 11.8 Å². The molecule has 2 heterocycles. The fraction of sp³-hybridized carbons (Fsp3) is 0.286. The Morgan fingerprint density at radius 3 is 2.55 bits per heavy atom. The van der Waals surface area contributed by atoms with Gasteiger partial charge in [-0.25, -0.2) is 4.68 Å². The van der Waals surface area contributed by atoms with Crippen molar-refractivity contribution in [2.75, 3.05) is 38.0 Å². The molecule has 1 aromatic heterocycles. The summed E-state index contributed by atoms with van der Waals surface area (Å²) >= 11 is 17.5. The Morgan fingerprint density at radius 1 is 1.06 bits per heavy atom. The summed E-state index contributed by atoms with van der Waals surface area (Å²) in [5, 5.41) is 8.50. The van der Waals surface area contributed by atoms with Gasteiger partial charge in [0.15, 0.2) is 0 Å². The third-order valence-corrected chi connectivity index (χ3v) is 5.85. The van der Waals surface area contributed by atoms with Crippen molar-refractivity contribution in [3.05, 3.63) is 63.4 Å². The molecule has 2 aromatic carbocycles. The van der Waals surface area contributed by atoms with Crippen molar-refractivity contribution in [2.45, 2.75) is 6.67 Å². The van der Waals surface area contributed by atoms with Crippen LogP contribution in [0.4, 0.5) is 5.69 Å².